The van der Waals surface area contributed by atoms with Crippen molar-refractivity contribution in [2.45, 2.75) is 38.8 Å². The van der Waals surface area contributed by atoms with E-state index in [-0.39, 0.29) is 23.9 Å². The van der Waals surface area contributed by atoms with Gasteiger partial charge in [-0.05, 0) is 27.8 Å². The van der Waals surface area contributed by atoms with Crippen LogP contribution in [-0.2, 0) is 9.59 Å². The number of hydrogen-bond donors (Lipinski definition) is 1. The molecule has 5 heteroatoms. The lowest BCUT2D eigenvalue weighted by Gasteiger charge is -2.45. The van der Waals surface area contributed by atoms with Gasteiger partial charge in [0, 0.05) is 18.1 Å². The third-order valence-corrected chi connectivity index (χ3v) is 2.92. The van der Waals surface area contributed by atoms with Crippen molar-refractivity contribution in [3.63, 3.8) is 0 Å². The van der Waals surface area contributed by atoms with Gasteiger partial charge >= 0.3 is 5.97 Å². The average Bonchev–Trinajstić information content (AvgIpc) is 2.06. The Balaban J connectivity index is 2.76. The molecule has 1 saturated heterocycles. The topological polar surface area (TPSA) is 60.9 Å². The van der Waals surface area contributed by atoms with Gasteiger partial charge in [0.2, 0.25) is 5.91 Å². The molecular weight excluding hydrogens is 208 g/mol. The molecule has 92 valence electrons. The molecule has 1 N–H and O–H groups in total. The van der Waals surface area contributed by atoms with Crippen molar-refractivity contribution in [1.82, 2.24) is 9.80 Å². The van der Waals surface area contributed by atoms with Crippen LogP contribution in [0.1, 0.15) is 27.2 Å². The molecule has 0 radical (unpaired) electrons. The molecule has 0 aromatic carbocycles. The van der Waals surface area contributed by atoms with Crippen molar-refractivity contribution in [2.24, 2.45) is 0 Å². The fourth-order valence-corrected chi connectivity index (χ4v) is 1.95. The molecule has 1 rings (SSSR count). The Bertz CT molecular complexity index is 296. The number of amides is 1. The largest absolute Gasteiger partial charge is 0.481 e. The minimum absolute atomic E-state index is 0.0663. The van der Waals surface area contributed by atoms with Crippen molar-refractivity contribution < 1.29 is 14.7 Å². The summed E-state index contributed by atoms with van der Waals surface area (Å²) in [6.45, 7) is 6.69. The first-order chi connectivity index (χ1) is 7.21. The van der Waals surface area contributed by atoms with Crippen LogP contribution in [-0.4, -0.2) is 58.5 Å². The molecule has 1 heterocycles. The maximum atomic E-state index is 11.8. The number of aliphatic carboxylic acids is 1. The van der Waals surface area contributed by atoms with E-state index in [0.29, 0.717) is 13.1 Å². The summed E-state index contributed by atoms with van der Waals surface area (Å²) in [4.78, 5) is 26.1. The normalized spacial score (nSPS) is 23.6. The minimum atomic E-state index is -0.819. The van der Waals surface area contributed by atoms with Crippen LogP contribution in [0.4, 0.5) is 0 Å². The molecule has 0 aromatic rings. The number of hydrogen-bond acceptors (Lipinski definition) is 3. The van der Waals surface area contributed by atoms with E-state index in [0.717, 1.165) is 0 Å². The van der Waals surface area contributed by atoms with Crippen LogP contribution in [0.15, 0.2) is 0 Å². The standard InChI is InChI=1S/C11H20N2O3/c1-11(2,3)13-6-8(5-10(15)16)12(4)7-9(13)14/h8H,5-7H2,1-4H3,(H,15,16). The van der Waals surface area contributed by atoms with Gasteiger partial charge < -0.3 is 10.0 Å². The van der Waals surface area contributed by atoms with Gasteiger partial charge in [0.05, 0.1) is 13.0 Å². The van der Waals surface area contributed by atoms with Crippen LogP contribution in [0.2, 0.25) is 0 Å². The number of carboxylic acids is 1. The summed E-state index contributed by atoms with van der Waals surface area (Å²) in [5, 5.41) is 8.81. The molecule has 1 unspecified atom stereocenters. The van der Waals surface area contributed by atoms with Crippen molar-refractivity contribution in [2.75, 3.05) is 20.1 Å². The van der Waals surface area contributed by atoms with Crippen molar-refractivity contribution >= 4 is 11.9 Å². The molecule has 0 saturated carbocycles. The lowest BCUT2D eigenvalue weighted by Crippen LogP contribution is -2.60. The number of nitrogens with zero attached hydrogens (tertiary/aromatic N) is 2. The number of carboxylic acid groups (broad SMARTS) is 1. The van der Waals surface area contributed by atoms with Crippen LogP contribution in [0.5, 0.6) is 0 Å². The van der Waals surface area contributed by atoms with Gasteiger partial charge in [-0.3, -0.25) is 14.5 Å². The van der Waals surface area contributed by atoms with Gasteiger partial charge in [-0.1, -0.05) is 0 Å². The average molecular weight is 228 g/mol. The van der Waals surface area contributed by atoms with E-state index in [9.17, 15) is 9.59 Å². The van der Waals surface area contributed by atoms with Crippen LogP contribution in [0, 0.1) is 0 Å². The zero-order valence-corrected chi connectivity index (χ0v) is 10.4. The Morgan fingerprint density at radius 3 is 2.50 bits per heavy atom. The third-order valence-electron chi connectivity index (χ3n) is 2.92. The summed E-state index contributed by atoms with van der Waals surface area (Å²) < 4.78 is 0. The highest BCUT2D eigenvalue weighted by Gasteiger charge is 2.36. The van der Waals surface area contributed by atoms with Crippen LogP contribution in [0.3, 0.4) is 0 Å². The van der Waals surface area contributed by atoms with E-state index in [1.54, 1.807) is 11.9 Å². The van der Waals surface area contributed by atoms with Crippen LogP contribution < -0.4 is 0 Å². The Kier molecular flexibility index (Phi) is 3.57. The predicted octanol–water partition coefficient (Wildman–Crippen LogP) is 0.402. The van der Waals surface area contributed by atoms with Gasteiger partial charge in [-0.15, -0.1) is 0 Å². The summed E-state index contributed by atoms with van der Waals surface area (Å²) in [5.74, 6) is -0.753. The number of carbonyl (C=O) groups excluding carboxylic acids is 1. The molecule has 1 amide bonds. The van der Waals surface area contributed by atoms with Crippen molar-refractivity contribution in [1.29, 1.82) is 0 Å². The van der Waals surface area contributed by atoms with Gasteiger partial charge in [-0.25, -0.2) is 0 Å². The van der Waals surface area contributed by atoms with Crippen molar-refractivity contribution in [3.8, 4) is 0 Å². The predicted molar refractivity (Wildman–Crippen MR) is 60.1 cm³/mol. The van der Waals surface area contributed by atoms with Gasteiger partial charge in [0.15, 0.2) is 0 Å². The summed E-state index contributed by atoms with van der Waals surface area (Å²) in [6, 6.07) is -0.0885. The number of rotatable bonds is 2. The number of likely N-dealkylation sites (N-methyl/N-ethyl adjacent to an activating group) is 1. The second-order valence-corrected chi connectivity index (χ2v) is 5.34. The molecule has 1 aliphatic heterocycles. The minimum Gasteiger partial charge on any atom is -0.481 e. The van der Waals surface area contributed by atoms with E-state index >= 15 is 0 Å². The SMILES string of the molecule is CN1CC(=O)N(C(C)(C)C)CC1CC(=O)O. The highest BCUT2D eigenvalue weighted by Crippen LogP contribution is 2.20. The number of carbonyl (C=O) groups is 2. The third kappa shape index (κ3) is 2.95. The molecule has 1 atom stereocenters. The van der Waals surface area contributed by atoms with Crippen LogP contribution in [0.25, 0.3) is 0 Å². The smallest absolute Gasteiger partial charge is 0.305 e. The summed E-state index contributed by atoms with van der Waals surface area (Å²) in [5.41, 5.74) is -0.241. The maximum absolute atomic E-state index is 11.8. The molecule has 0 bridgehead atoms. The highest BCUT2D eigenvalue weighted by molar-refractivity contribution is 5.80. The Morgan fingerprint density at radius 2 is 2.06 bits per heavy atom. The van der Waals surface area contributed by atoms with E-state index in [4.69, 9.17) is 5.11 Å². The first-order valence-electron chi connectivity index (χ1n) is 5.44. The summed E-state index contributed by atoms with van der Waals surface area (Å²) >= 11 is 0. The zero-order valence-electron chi connectivity index (χ0n) is 10.4. The van der Waals surface area contributed by atoms with Crippen molar-refractivity contribution in [3.05, 3.63) is 0 Å². The van der Waals surface area contributed by atoms with Gasteiger partial charge in [-0.2, -0.15) is 0 Å². The summed E-state index contributed by atoms with van der Waals surface area (Å²) in [7, 11) is 1.80. The lowest BCUT2D eigenvalue weighted by molar-refractivity contribution is -0.148. The Hall–Kier alpha value is -1.10. The zero-order chi connectivity index (χ0) is 12.5. The quantitative estimate of drug-likeness (QED) is 0.743. The second-order valence-electron chi connectivity index (χ2n) is 5.34. The second kappa shape index (κ2) is 4.41. The van der Waals surface area contributed by atoms with E-state index in [2.05, 4.69) is 0 Å². The van der Waals surface area contributed by atoms with E-state index in [1.807, 2.05) is 25.7 Å². The first-order valence-corrected chi connectivity index (χ1v) is 5.44. The van der Waals surface area contributed by atoms with E-state index in [1.165, 1.54) is 0 Å². The fraction of sp³-hybridized carbons (Fsp3) is 0.818. The Morgan fingerprint density at radius 1 is 1.50 bits per heavy atom. The first kappa shape index (κ1) is 13.0. The van der Waals surface area contributed by atoms with E-state index < -0.39 is 5.97 Å². The molecule has 1 fully saturated rings. The molecule has 5 nitrogen and oxygen atoms in total. The fourth-order valence-electron chi connectivity index (χ4n) is 1.95. The highest BCUT2D eigenvalue weighted by atomic mass is 16.4. The molecular formula is C11H20N2O3. The molecule has 1 aliphatic rings. The van der Waals surface area contributed by atoms with Crippen LogP contribution >= 0.6 is 0 Å². The lowest BCUT2D eigenvalue weighted by atomic mass is 10.0. The maximum Gasteiger partial charge on any atom is 0.305 e. The molecule has 0 spiro atoms. The van der Waals surface area contributed by atoms with Gasteiger partial charge in [0.25, 0.3) is 0 Å². The molecule has 0 aliphatic carbocycles. The monoisotopic (exact) mass is 228 g/mol. The number of piperazine rings is 1. The Labute approximate surface area is 96.0 Å². The van der Waals surface area contributed by atoms with Gasteiger partial charge in [0.1, 0.15) is 0 Å². The summed E-state index contributed by atoms with van der Waals surface area (Å²) in [6.07, 6.45) is 0.0797. The molecule has 16 heavy (non-hydrogen) atoms. The molecule has 0 aromatic heterocycles.